The number of phenols is 1. The van der Waals surface area contributed by atoms with Crippen molar-refractivity contribution in [2.24, 2.45) is 0 Å². The summed E-state index contributed by atoms with van der Waals surface area (Å²) in [5.74, 6) is 0.102. The molecule has 1 saturated heterocycles. The number of likely N-dealkylation sites (tertiary alicyclic amines) is 1. The summed E-state index contributed by atoms with van der Waals surface area (Å²) < 4.78 is 6.48. The number of thiophene rings is 1. The molecule has 2 aromatic heterocycles. The number of nitrogens with zero attached hydrogens (tertiary/aromatic N) is 3. The number of rotatable bonds is 5. The van der Waals surface area contributed by atoms with E-state index in [4.69, 9.17) is 4.42 Å². The zero-order valence-electron chi connectivity index (χ0n) is 16.6. The maximum Gasteiger partial charge on any atom is 0.437 e. The largest absolute Gasteiger partial charge is 0.507 e. The van der Waals surface area contributed by atoms with Gasteiger partial charge in [0.05, 0.1) is 17.0 Å². The van der Waals surface area contributed by atoms with Crippen LogP contribution in [0.25, 0.3) is 10.8 Å². The summed E-state index contributed by atoms with van der Waals surface area (Å²) >= 11 is 1.45. The van der Waals surface area contributed by atoms with Gasteiger partial charge >= 0.3 is 5.76 Å². The van der Waals surface area contributed by atoms with E-state index in [0.717, 1.165) is 41.2 Å². The molecule has 2 N–H and O–H groups in total. The van der Waals surface area contributed by atoms with Crippen molar-refractivity contribution >= 4 is 11.3 Å². The van der Waals surface area contributed by atoms with Crippen LogP contribution in [0.1, 0.15) is 29.5 Å². The SMILES string of the molecule is Cc1cc(CN2CCC(O)(Cn3nc(-c4cccs4)oc3=O)CC2)cc(C)c1O. The third-order valence-corrected chi connectivity index (χ3v) is 6.38. The molecule has 3 aromatic rings. The summed E-state index contributed by atoms with van der Waals surface area (Å²) in [5, 5.41) is 27.1. The lowest BCUT2D eigenvalue weighted by Crippen LogP contribution is -2.47. The number of aliphatic hydroxyl groups is 1. The summed E-state index contributed by atoms with van der Waals surface area (Å²) in [6.45, 7) is 6.15. The third-order valence-electron chi connectivity index (χ3n) is 5.53. The molecule has 0 aliphatic carbocycles. The van der Waals surface area contributed by atoms with Crippen LogP contribution in [-0.4, -0.2) is 43.6 Å². The predicted molar refractivity (Wildman–Crippen MR) is 111 cm³/mol. The van der Waals surface area contributed by atoms with E-state index in [0.29, 0.717) is 24.5 Å². The molecule has 29 heavy (non-hydrogen) atoms. The van der Waals surface area contributed by atoms with Crippen LogP contribution in [0.2, 0.25) is 0 Å². The molecule has 1 aliphatic rings. The molecule has 3 heterocycles. The molecule has 0 saturated carbocycles. The number of aromatic hydroxyl groups is 1. The van der Waals surface area contributed by atoms with E-state index in [1.165, 1.54) is 16.0 Å². The van der Waals surface area contributed by atoms with Gasteiger partial charge in [0.1, 0.15) is 5.75 Å². The van der Waals surface area contributed by atoms with Gasteiger partial charge in [-0.3, -0.25) is 4.90 Å². The van der Waals surface area contributed by atoms with Crippen molar-refractivity contribution in [2.45, 2.75) is 45.4 Å². The van der Waals surface area contributed by atoms with Gasteiger partial charge in [-0.05, 0) is 54.8 Å². The molecule has 4 rings (SSSR count). The molecule has 8 heteroatoms. The van der Waals surface area contributed by atoms with E-state index >= 15 is 0 Å². The first kappa shape index (κ1) is 19.9. The number of aromatic nitrogens is 2. The fourth-order valence-electron chi connectivity index (χ4n) is 3.87. The van der Waals surface area contributed by atoms with E-state index in [2.05, 4.69) is 10.00 Å². The van der Waals surface area contributed by atoms with E-state index in [-0.39, 0.29) is 6.54 Å². The average Bonchev–Trinajstić information content (AvgIpc) is 3.32. The van der Waals surface area contributed by atoms with Crippen molar-refractivity contribution in [3.05, 3.63) is 56.9 Å². The molecule has 0 atom stereocenters. The van der Waals surface area contributed by atoms with Gasteiger partial charge in [-0.15, -0.1) is 16.4 Å². The number of benzene rings is 1. The Labute approximate surface area is 172 Å². The second-order valence-corrected chi connectivity index (χ2v) is 8.83. The van der Waals surface area contributed by atoms with E-state index < -0.39 is 11.4 Å². The summed E-state index contributed by atoms with van der Waals surface area (Å²) in [7, 11) is 0. The van der Waals surface area contributed by atoms with E-state index in [9.17, 15) is 15.0 Å². The van der Waals surface area contributed by atoms with Crippen LogP contribution < -0.4 is 5.76 Å². The Morgan fingerprint density at radius 2 is 1.93 bits per heavy atom. The number of hydrogen-bond acceptors (Lipinski definition) is 7. The molecule has 1 aliphatic heterocycles. The first-order valence-corrected chi connectivity index (χ1v) is 10.6. The van der Waals surface area contributed by atoms with Gasteiger partial charge in [-0.2, -0.15) is 4.68 Å². The summed E-state index contributed by atoms with van der Waals surface area (Å²) in [6.07, 6.45) is 1.10. The number of hydrogen-bond donors (Lipinski definition) is 2. The molecule has 154 valence electrons. The van der Waals surface area contributed by atoms with Crippen LogP contribution in [0.5, 0.6) is 5.75 Å². The highest BCUT2D eigenvalue weighted by Gasteiger charge is 2.34. The topological polar surface area (TPSA) is 91.7 Å². The van der Waals surface area contributed by atoms with Crippen molar-refractivity contribution < 1.29 is 14.6 Å². The molecule has 0 amide bonds. The van der Waals surface area contributed by atoms with Gasteiger partial charge in [0, 0.05) is 19.6 Å². The Morgan fingerprint density at radius 3 is 2.55 bits per heavy atom. The Bertz CT molecular complexity index is 1020. The molecule has 0 bridgehead atoms. The van der Waals surface area contributed by atoms with Crippen LogP contribution in [0.3, 0.4) is 0 Å². The third kappa shape index (κ3) is 4.29. The van der Waals surface area contributed by atoms with Crippen molar-refractivity contribution in [2.75, 3.05) is 13.1 Å². The molecule has 0 spiro atoms. The highest BCUT2D eigenvalue weighted by Crippen LogP contribution is 2.28. The van der Waals surface area contributed by atoms with Crippen LogP contribution in [0, 0.1) is 13.8 Å². The van der Waals surface area contributed by atoms with Gasteiger partial charge < -0.3 is 14.6 Å². The van der Waals surface area contributed by atoms with Gasteiger partial charge in [0.15, 0.2) is 0 Å². The molecule has 0 radical (unpaired) electrons. The molecular weight excluding hydrogens is 390 g/mol. The van der Waals surface area contributed by atoms with Gasteiger partial charge in [-0.25, -0.2) is 4.79 Å². The lowest BCUT2D eigenvalue weighted by molar-refractivity contribution is -0.0392. The van der Waals surface area contributed by atoms with E-state index in [1.807, 2.05) is 43.5 Å². The highest BCUT2D eigenvalue weighted by molar-refractivity contribution is 7.13. The quantitative estimate of drug-likeness (QED) is 0.666. The van der Waals surface area contributed by atoms with Crippen molar-refractivity contribution in [1.82, 2.24) is 14.7 Å². The van der Waals surface area contributed by atoms with Gasteiger partial charge in [0.25, 0.3) is 5.89 Å². The summed E-state index contributed by atoms with van der Waals surface area (Å²) in [5.41, 5.74) is 1.92. The normalized spacial score (nSPS) is 16.9. The summed E-state index contributed by atoms with van der Waals surface area (Å²) in [6, 6.07) is 7.73. The Hall–Kier alpha value is -2.42. The van der Waals surface area contributed by atoms with Crippen molar-refractivity contribution in [3.8, 4) is 16.5 Å². The maximum absolute atomic E-state index is 12.1. The van der Waals surface area contributed by atoms with E-state index in [1.54, 1.807) is 0 Å². The van der Waals surface area contributed by atoms with Crippen LogP contribution >= 0.6 is 11.3 Å². The van der Waals surface area contributed by atoms with Crippen molar-refractivity contribution in [3.63, 3.8) is 0 Å². The molecule has 1 aromatic carbocycles. The second-order valence-electron chi connectivity index (χ2n) is 7.89. The predicted octanol–water partition coefficient (Wildman–Crippen LogP) is 2.91. The lowest BCUT2D eigenvalue weighted by Gasteiger charge is -2.37. The number of aryl methyl sites for hydroxylation is 2. The molecule has 0 unspecified atom stereocenters. The highest BCUT2D eigenvalue weighted by atomic mass is 32.1. The summed E-state index contributed by atoms with van der Waals surface area (Å²) in [4.78, 5) is 15.2. The van der Waals surface area contributed by atoms with Crippen LogP contribution in [0.4, 0.5) is 0 Å². The molecule has 7 nitrogen and oxygen atoms in total. The molecule has 1 fully saturated rings. The standard InChI is InChI=1S/C21H25N3O4S/c1-14-10-16(11-15(2)18(14)25)12-23-7-5-21(27,6-8-23)13-24-20(26)28-19(22-24)17-4-3-9-29-17/h3-4,9-11,25,27H,5-8,12-13H2,1-2H3. The maximum atomic E-state index is 12.1. The average molecular weight is 416 g/mol. The molecular formula is C21H25N3O4S. The minimum Gasteiger partial charge on any atom is -0.507 e. The minimum absolute atomic E-state index is 0.131. The van der Waals surface area contributed by atoms with Crippen LogP contribution in [0.15, 0.2) is 38.9 Å². The zero-order chi connectivity index (χ0) is 20.6. The smallest absolute Gasteiger partial charge is 0.437 e. The Kier molecular flexibility index (Phi) is 5.33. The monoisotopic (exact) mass is 415 g/mol. The number of piperidine rings is 1. The first-order valence-electron chi connectivity index (χ1n) is 9.69. The zero-order valence-corrected chi connectivity index (χ0v) is 17.4. The van der Waals surface area contributed by atoms with Gasteiger partial charge in [-0.1, -0.05) is 18.2 Å². The first-order chi connectivity index (χ1) is 13.8. The fraction of sp³-hybridized carbons (Fsp3) is 0.429. The fourth-order valence-corrected chi connectivity index (χ4v) is 4.51. The van der Waals surface area contributed by atoms with Gasteiger partial charge in [0.2, 0.25) is 0 Å². The number of phenolic OH excluding ortho intramolecular Hbond substituents is 1. The van der Waals surface area contributed by atoms with Crippen LogP contribution in [-0.2, 0) is 13.1 Å². The Morgan fingerprint density at radius 1 is 1.24 bits per heavy atom. The Balaban J connectivity index is 1.39. The second kappa shape index (κ2) is 7.78. The van der Waals surface area contributed by atoms with Crippen molar-refractivity contribution in [1.29, 1.82) is 0 Å². The minimum atomic E-state index is -0.981. The lowest BCUT2D eigenvalue weighted by atomic mass is 9.91.